The van der Waals surface area contributed by atoms with Gasteiger partial charge in [-0.1, -0.05) is 24.3 Å². The molecule has 1 saturated heterocycles. The molecule has 108 valence electrons. The van der Waals surface area contributed by atoms with Gasteiger partial charge in [-0.25, -0.2) is 8.78 Å². The van der Waals surface area contributed by atoms with Gasteiger partial charge in [-0.2, -0.15) is 0 Å². The van der Waals surface area contributed by atoms with Crippen molar-refractivity contribution < 1.29 is 8.78 Å². The summed E-state index contributed by atoms with van der Waals surface area (Å²) in [6, 6.07) is 7.60. The van der Waals surface area contributed by atoms with E-state index in [1.54, 1.807) is 12.1 Å². The molecule has 0 aromatic heterocycles. The predicted octanol–water partition coefficient (Wildman–Crippen LogP) is 3.23. The van der Waals surface area contributed by atoms with Crippen LogP contribution in [0.4, 0.5) is 8.78 Å². The third-order valence-corrected chi connectivity index (χ3v) is 3.78. The van der Waals surface area contributed by atoms with Gasteiger partial charge >= 0.3 is 0 Å². The quantitative estimate of drug-likeness (QED) is 0.919. The van der Waals surface area contributed by atoms with E-state index in [4.69, 9.17) is 0 Å². The highest BCUT2D eigenvalue weighted by atomic mass is 35.5. The molecule has 0 spiro atoms. The highest BCUT2D eigenvalue weighted by Crippen LogP contribution is 2.20. The van der Waals surface area contributed by atoms with Gasteiger partial charge in [0.15, 0.2) is 0 Å². The van der Waals surface area contributed by atoms with E-state index in [-0.39, 0.29) is 18.0 Å². The lowest BCUT2D eigenvalue weighted by Gasteiger charge is -2.38. The summed E-state index contributed by atoms with van der Waals surface area (Å²) in [4.78, 5) is 2.39. The first-order valence-corrected chi connectivity index (χ1v) is 6.42. The number of rotatable bonds is 3. The first-order valence-electron chi connectivity index (χ1n) is 6.42. The monoisotopic (exact) mass is 290 g/mol. The molecule has 1 aromatic rings. The van der Waals surface area contributed by atoms with Crippen molar-refractivity contribution in [3.05, 3.63) is 35.4 Å². The second kappa shape index (κ2) is 7.17. The SMILES string of the molecule is CC1NCCN(Cc2ccc(C(F)F)cc2)C1C.Cl. The van der Waals surface area contributed by atoms with E-state index in [0.29, 0.717) is 12.1 Å². The van der Waals surface area contributed by atoms with Crippen LogP contribution in [0.5, 0.6) is 0 Å². The van der Waals surface area contributed by atoms with Gasteiger partial charge in [0.2, 0.25) is 0 Å². The Hall–Kier alpha value is -0.710. The molecular weight excluding hydrogens is 270 g/mol. The standard InChI is InChI=1S/C14H20F2N2.ClH/c1-10-11(2)18(8-7-17-10)9-12-3-5-13(6-4-12)14(15)16;/h3-6,10-11,14,17H,7-9H2,1-2H3;1H. The zero-order chi connectivity index (χ0) is 13.1. The minimum atomic E-state index is -2.38. The molecule has 2 unspecified atom stereocenters. The van der Waals surface area contributed by atoms with Crippen molar-refractivity contribution >= 4 is 12.4 Å². The first kappa shape index (κ1) is 16.3. The first-order chi connectivity index (χ1) is 8.58. The number of benzene rings is 1. The summed E-state index contributed by atoms with van der Waals surface area (Å²) < 4.78 is 24.9. The summed E-state index contributed by atoms with van der Waals surface area (Å²) >= 11 is 0. The van der Waals surface area contributed by atoms with Gasteiger partial charge in [0.05, 0.1) is 0 Å². The number of hydrogen-bond acceptors (Lipinski definition) is 2. The summed E-state index contributed by atoms with van der Waals surface area (Å²) in [5, 5.41) is 3.43. The Morgan fingerprint density at radius 3 is 2.47 bits per heavy atom. The molecule has 1 aliphatic heterocycles. The van der Waals surface area contributed by atoms with E-state index in [2.05, 4.69) is 24.1 Å². The van der Waals surface area contributed by atoms with Crippen LogP contribution in [0.1, 0.15) is 31.4 Å². The maximum Gasteiger partial charge on any atom is 0.263 e. The van der Waals surface area contributed by atoms with Gasteiger partial charge in [-0.3, -0.25) is 4.90 Å². The molecule has 0 aliphatic carbocycles. The number of nitrogens with zero attached hydrogens (tertiary/aromatic N) is 1. The lowest BCUT2D eigenvalue weighted by Crippen LogP contribution is -2.54. The highest BCUT2D eigenvalue weighted by molar-refractivity contribution is 5.85. The topological polar surface area (TPSA) is 15.3 Å². The Bertz CT molecular complexity index is 384. The van der Waals surface area contributed by atoms with E-state index in [0.717, 1.165) is 25.2 Å². The number of alkyl halides is 2. The molecule has 0 saturated carbocycles. The van der Waals surface area contributed by atoms with Crippen LogP contribution in [0.2, 0.25) is 0 Å². The third kappa shape index (κ3) is 4.13. The van der Waals surface area contributed by atoms with Crippen molar-refractivity contribution in [2.24, 2.45) is 0 Å². The molecule has 5 heteroatoms. The Morgan fingerprint density at radius 2 is 1.89 bits per heavy atom. The Kier molecular flexibility index (Phi) is 6.17. The van der Waals surface area contributed by atoms with E-state index < -0.39 is 6.43 Å². The van der Waals surface area contributed by atoms with Crippen molar-refractivity contribution in [2.45, 2.75) is 38.9 Å². The van der Waals surface area contributed by atoms with Gasteiger partial charge in [-0.05, 0) is 19.4 Å². The molecule has 1 heterocycles. The fourth-order valence-electron chi connectivity index (χ4n) is 2.35. The van der Waals surface area contributed by atoms with Crippen molar-refractivity contribution in [1.82, 2.24) is 10.2 Å². The molecule has 2 rings (SSSR count). The average molecular weight is 291 g/mol. The zero-order valence-corrected chi connectivity index (χ0v) is 12.1. The number of piperazine rings is 1. The van der Waals surface area contributed by atoms with Gasteiger partial charge in [-0.15, -0.1) is 12.4 Å². The van der Waals surface area contributed by atoms with Gasteiger partial charge < -0.3 is 5.32 Å². The van der Waals surface area contributed by atoms with E-state index >= 15 is 0 Å². The van der Waals surface area contributed by atoms with Gasteiger partial charge in [0.25, 0.3) is 6.43 Å². The zero-order valence-electron chi connectivity index (χ0n) is 11.3. The summed E-state index contributed by atoms with van der Waals surface area (Å²) in [5.74, 6) is 0. The molecule has 2 atom stereocenters. The smallest absolute Gasteiger partial charge is 0.263 e. The summed E-state index contributed by atoms with van der Waals surface area (Å²) in [6.07, 6.45) is -2.38. The van der Waals surface area contributed by atoms with Crippen LogP contribution in [-0.2, 0) is 6.54 Å². The van der Waals surface area contributed by atoms with Gasteiger partial charge in [0.1, 0.15) is 0 Å². The van der Waals surface area contributed by atoms with E-state index in [1.807, 2.05) is 0 Å². The highest BCUT2D eigenvalue weighted by Gasteiger charge is 2.23. The van der Waals surface area contributed by atoms with E-state index in [9.17, 15) is 8.78 Å². The molecule has 2 nitrogen and oxygen atoms in total. The molecular formula is C14H21ClF2N2. The molecule has 19 heavy (non-hydrogen) atoms. The third-order valence-electron chi connectivity index (χ3n) is 3.78. The van der Waals surface area contributed by atoms with Crippen molar-refractivity contribution in [3.8, 4) is 0 Å². The van der Waals surface area contributed by atoms with Crippen LogP contribution in [0, 0.1) is 0 Å². The van der Waals surface area contributed by atoms with Gasteiger partial charge in [0, 0.05) is 37.3 Å². The maximum atomic E-state index is 12.5. The van der Waals surface area contributed by atoms with Crippen molar-refractivity contribution in [1.29, 1.82) is 0 Å². The molecule has 0 radical (unpaired) electrons. The van der Waals surface area contributed by atoms with Crippen LogP contribution in [0.3, 0.4) is 0 Å². The summed E-state index contributed by atoms with van der Waals surface area (Å²) in [6.45, 7) is 7.19. The lowest BCUT2D eigenvalue weighted by atomic mass is 10.1. The van der Waals surface area contributed by atoms with Crippen molar-refractivity contribution in [3.63, 3.8) is 0 Å². The average Bonchev–Trinajstić information content (AvgIpc) is 2.36. The van der Waals surface area contributed by atoms with Crippen LogP contribution in [0.25, 0.3) is 0 Å². The maximum absolute atomic E-state index is 12.5. The van der Waals surface area contributed by atoms with Crippen LogP contribution in [-0.4, -0.2) is 30.1 Å². The fraction of sp³-hybridized carbons (Fsp3) is 0.571. The normalized spacial score (nSPS) is 24.3. The lowest BCUT2D eigenvalue weighted by molar-refractivity contribution is 0.130. The number of nitrogens with one attached hydrogen (secondary N) is 1. The second-order valence-electron chi connectivity index (χ2n) is 5.00. The Labute approximate surface area is 119 Å². The molecule has 1 fully saturated rings. The molecule has 1 N–H and O–H groups in total. The van der Waals surface area contributed by atoms with Crippen LogP contribution >= 0.6 is 12.4 Å². The Morgan fingerprint density at radius 1 is 1.26 bits per heavy atom. The van der Waals surface area contributed by atoms with Crippen molar-refractivity contribution in [2.75, 3.05) is 13.1 Å². The molecule has 1 aromatic carbocycles. The number of hydrogen-bond donors (Lipinski definition) is 1. The largest absolute Gasteiger partial charge is 0.311 e. The minimum absolute atomic E-state index is 0. The van der Waals surface area contributed by atoms with Crippen LogP contribution < -0.4 is 5.32 Å². The molecule has 1 aliphatic rings. The number of halogens is 3. The van der Waals surface area contributed by atoms with Crippen LogP contribution in [0.15, 0.2) is 24.3 Å². The molecule has 0 bridgehead atoms. The summed E-state index contributed by atoms with van der Waals surface area (Å²) in [5.41, 5.74) is 1.20. The fourth-order valence-corrected chi connectivity index (χ4v) is 2.35. The second-order valence-corrected chi connectivity index (χ2v) is 5.00. The van der Waals surface area contributed by atoms with E-state index in [1.165, 1.54) is 12.1 Å². The predicted molar refractivity (Wildman–Crippen MR) is 76.0 cm³/mol. The Balaban J connectivity index is 0.00000180. The summed E-state index contributed by atoms with van der Waals surface area (Å²) in [7, 11) is 0. The minimum Gasteiger partial charge on any atom is -0.311 e. The molecule has 0 amide bonds.